The summed E-state index contributed by atoms with van der Waals surface area (Å²) in [5.41, 5.74) is 7.17. The Balaban J connectivity index is 2.06. The van der Waals surface area contributed by atoms with Crippen LogP contribution < -0.4 is 11.1 Å². The monoisotopic (exact) mass is 291 g/mol. The van der Waals surface area contributed by atoms with Crippen LogP contribution in [0.5, 0.6) is 0 Å². The van der Waals surface area contributed by atoms with Gasteiger partial charge in [-0.05, 0) is 30.7 Å². The first-order valence-electron chi connectivity index (χ1n) is 5.88. The number of thiophene rings is 1. The van der Waals surface area contributed by atoms with Gasteiger partial charge in [-0.2, -0.15) is 0 Å². The second-order valence-electron chi connectivity index (χ2n) is 4.26. The van der Waals surface area contributed by atoms with Crippen molar-refractivity contribution in [3.05, 3.63) is 57.0 Å². The highest BCUT2D eigenvalue weighted by atomic mass is 32.1. The van der Waals surface area contributed by atoms with Gasteiger partial charge in [-0.15, -0.1) is 0 Å². The largest absolute Gasteiger partial charge is 0.399 e. The van der Waals surface area contributed by atoms with E-state index in [1.165, 1.54) is 12.1 Å². The van der Waals surface area contributed by atoms with Crippen LogP contribution in [0.4, 0.5) is 10.7 Å². The molecule has 1 heterocycles. The Morgan fingerprint density at radius 3 is 2.50 bits per heavy atom. The van der Waals surface area contributed by atoms with Crippen molar-refractivity contribution in [2.45, 2.75) is 13.0 Å². The van der Waals surface area contributed by atoms with E-state index in [0.29, 0.717) is 10.6 Å². The van der Waals surface area contributed by atoms with Crippen molar-refractivity contribution < 1.29 is 9.72 Å². The first-order valence-corrected chi connectivity index (χ1v) is 6.69. The number of nitrogens with zero attached hydrogens (tertiary/aromatic N) is 1. The third-order valence-corrected chi connectivity index (χ3v) is 3.82. The van der Waals surface area contributed by atoms with Gasteiger partial charge in [0.15, 0.2) is 0 Å². The molecule has 104 valence electrons. The number of nitrogens with two attached hydrogens (primary N) is 1. The Hall–Kier alpha value is -2.41. The molecular weight excluding hydrogens is 278 g/mol. The van der Waals surface area contributed by atoms with Crippen LogP contribution in [0.3, 0.4) is 0 Å². The van der Waals surface area contributed by atoms with Crippen molar-refractivity contribution in [3.8, 4) is 0 Å². The second kappa shape index (κ2) is 5.70. The van der Waals surface area contributed by atoms with E-state index in [9.17, 15) is 14.9 Å². The van der Waals surface area contributed by atoms with Crippen molar-refractivity contribution in [2.24, 2.45) is 0 Å². The number of amides is 1. The molecule has 0 bridgehead atoms. The number of nitrogens with one attached hydrogen (secondary N) is 1. The average molecular weight is 291 g/mol. The fourth-order valence-electron chi connectivity index (χ4n) is 1.68. The van der Waals surface area contributed by atoms with Gasteiger partial charge in [0.2, 0.25) is 0 Å². The minimum absolute atomic E-state index is 0.0460. The van der Waals surface area contributed by atoms with E-state index in [-0.39, 0.29) is 17.0 Å². The maximum absolute atomic E-state index is 12.0. The zero-order valence-electron chi connectivity index (χ0n) is 10.7. The third-order valence-electron chi connectivity index (χ3n) is 2.78. The third kappa shape index (κ3) is 3.12. The maximum atomic E-state index is 12.0. The van der Waals surface area contributed by atoms with Crippen molar-refractivity contribution >= 4 is 27.9 Å². The smallest absolute Gasteiger partial charge is 0.324 e. The summed E-state index contributed by atoms with van der Waals surface area (Å²) in [5.74, 6) is -0.326. The molecule has 0 radical (unpaired) electrons. The molecule has 1 amide bonds. The summed E-state index contributed by atoms with van der Waals surface area (Å²) in [6.07, 6.45) is 0. The maximum Gasteiger partial charge on any atom is 0.324 e. The number of nitrogen functional groups attached to an aromatic ring is 1. The molecule has 2 aromatic rings. The van der Waals surface area contributed by atoms with E-state index in [2.05, 4.69) is 5.32 Å². The van der Waals surface area contributed by atoms with E-state index < -0.39 is 4.92 Å². The van der Waals surface area contributed by atoms with Crippen LogP contribution in [-0.4, -0.2) is 10.8 Å². The number of anilines is 1. The number of hydrogen-bond acceptors (Lipinski definition) is 5. The normalized spacial score (nSPS) is 11.8. The molecule has 0 spiro atoms. The second-order valence-corrected chi connectivity index (χ2v) is 5.32. The molecule has 0 aliphatic carbocycles. The van der Waals surface area contributed by atoms with Crippen LogP contribution in [-0.2, 0) is 0 Å². The molecule has 1 aromatic carbocycles. The summed E-state index contributed by atoms with van der Waals surface area (Å²) in [4.78, 5) is 22.4. The summed E-state index contributed by atoms with van der Waals surface area (Å²) in [5, 5.41) is 13.3. The van der Waals surface area contributed by atoms with Gasteiger partial charge < -0.3 is 11.1 Å². The van der Waals surface area contributed by atoms with Crippen molar-refractivity contribution in [2.75, 3.05) is 5.73 Å². The molecule has 1 unspecified atom stereocenters. The number of nitro groups is 1. The van der Waals surface area contributed by atoms with E-state index in [0.717, 1.165) is 16.9 Å². The lowest BCUT2D eigenvalue weighted by Crippen LogP contribution is -2.25. The molecule has 2 rings (SSSR count). The van der Waals surface area contributed by atoms with E-state index in [1.54, 1.807) is 12.1 Å². The molecule has 20 heavy (non-hydrogen) atoms. The first kappa shape index (κ1) is 14.0. The number of benzene rings is 1. The highest BCUT2D eigenvalue weighted by Crippen LogP contribution is 2.24. The predicted molar refractivity (Wildman–Crippen MR) is 77.7 cm³/mol. The SMILES string of the molecule is CC(NC(=O)c1ccc([N+](=O)[O-])s1)c1ccc(N)cc1. The van der Waals surface area contributed by atoms with Gasteiger partial charge in [0.1, 0.15) is 0 Å². The Kier molecular flexibility index (Phi) is 3.99. The molecule has 0 saturated heterocycles. The van der Waals surface area contributed by atoms with Gasteiger partial charge in [-0.25, -0.2) is 0 Å². The van der Waals surface area contributed by atoms with Gasteiger partial charge in [-0.1, -0.05) is 23.5 Å². The summed E-state index contributed by atoms with van der Waals surface area (Å²) < 4.78 is 0. The van der Waals surface area contributed by atoms with E-state index >= 15 is 0 Å². The highest BCUT2D eigenvalue weighted by molar-refractivity contribution is 7.17. The molecule has 0 aliphatic rings. The minimum atomic E-state index is -0.509. The van der Waals surface area contributed by atoms with E-state index in [4.69, 9.17) is 5.73 Å². The lowest BCUT2D eigenvalue weighted by Gasteiger charge is -2.13. The summed E-state index contributed by atoms with van der Waals surface area (Å²) in [6.45, 7) is 1.84. The predicted octanol–water partition coefficient (Wildman–Crippen LogP) is 2.73. The zero-order chi connectivity index (χ0) is 14.7. The average Bonchev–Trinajstić information content (AvgIpc) is 2.89. The summed E-state index contributed by atoms with van der Waals surface area (Å²) in [7, 11) is 0. The van der Waals surface area contributed by atoms with Crippen molar-refractivity contribution in [1.82, 2.24) is 5.32 Å². The zero-order valence-corrected chi connectivity index (χ0v) is 11.5. The van der Waals surface area contributed by atoms with Gasteiger partial charge >= 0.3 is 5.00 Å². The molecule has 6 nitrogen and oxygen atoms in total. The van der Waals surface area contributed by atoms with Gasteiger partial charge in [0, 0.05) is 11.8 Å². The summed E-state index contributed by atoms with van der Waals surface area (Å²) in [6, 6.07) is 9.75. The van der Waals surface area contributed by atoms with Crippen LogP contribution in [0.25, 0.3) is 0 Å². The van der Waals surface area contributed by atoms with Crippen LogP contribution in [0.15, 0.2) is 36.4 Å². The number of rotatable bonds is 4. The molecular formula is C13H13N3O3S. The Labute approximate surface area is 119 Å². The Morgan fingerprint density at radius 1 is 1.30 bits per heavy atom. The van der Waals surface area contributed by atoms with Crippen molar-refractivity contribution in [1.29, 1.82) is 0 Å². The van der Waals surface area contributed by atoms with Crippen molar-refractivity contribution in [3.63, 3.8) is 0 Å². The minimum Gasteiger partial charge on any atom is -0.399 e. The van der Waals surface area contributed by atoms with Crippen LogP contribution in [0.1, 0.15) is 28.2 Å². The lowest BCUT2D eigenvalue weighted by atomic mass is 10.1. The highest BCUT2D eigenvalue weighted by Gasteiger charge is 2.17. The van der Waals surface area contributed by atoms with Crippen LogP contribution in [0.2, 0.25) is 0 Å². The molecule has 1 atom stereocenters. The fraction of sp³-hybridized carbons (Fsp3) is 0.154. The Bertz CT molecular complexity index is 637. The molecule has 7 heteroatoms. The first-order chi connectivity index (χ1) is 9.47. The quantitative estimate of drug-likeness (QED) is 0.514. The summed E-state index contributed by atoms with van der Waals surface area (Å²) >= 11 is 0.858. The number of carbonyl (C=O) groups is 1. The molecule has 3 N–H and O–H groups in total. The number of carbonyl (C=O) groups excluding carboxylic acids is 1. The van der Waals surface area contributed by atoms with Gasteiger partial charge in [-0.3, -0.25) is 14.9 Å². The van der Waals surface area contributed by atoms with Crippen LogP contribution >= 0.6 is 11.3 Å². The topological polar surface area (TPSA) is 98.3 Å². The molecule has 0 saturated carbocycles. The lowest BCUT2D eigenvalue weighted by molar-refractivity contribution is -0.380. The molecule has 1 aromatic heterocycles. The van der Waals surface area contributed by atoms with Crippen LogP contribution in [0, 0.1) is 10.1 Å². The fourth-order valence-corrected chi connectivity index (χ4v) is 2.41. The van der Waals surface area contributed by atoms with Gasteiger partial charge in [0.05, 0.1) is 15.8 Å². The number of hydrogen-bond donors (Lipinski definition) is 2. The molecule has 0 aliphatic heterocycles. The standard InChI is InChI=1S/C13H13N3O3S/c1-8(9-2-4-10(14)5-3-9)15-13(17)11-6-7-12(20-11)16(18)19/h2-8H,14H2,1H3,(H,15,17). The van der Waals surface area contributed by atoms with E-state index in [1.807, 2.05) is 19.1 Å². The molecule has 0 fully saturated rings. The Morgan fingerprint density at radius 2 is 1.95 bits per heavy atom. The van der Waals surface area contributed by atoms with Gasteiger partial charge in [0.25, 0.3) is 5.91 Å².